The minimum atomic E-state index is 0. The minimum absolute atomic E-state index is 0. The summed E-state index contributed by atoms with van der Waals surface area (Å²) < 4.78 is 5.64. The first-order valence-electron chi connectivity index (χ1n) is 8.19. The smallest absolute Gasteiger partial charge is 0.191 e. The SMILES string of the molecule is CN=C(NCC1(CCOC)CCC1)NCC1(C)CCCS1.I. The lowest BCUT2D eigenvalue weighted by molar-refractivity contribution is 0.0732. The average molecular weight is 441 g/mol. The number of nitrogens with zero attached hydrogens (tertiary/aromatic N) is 1. The summed E-state index contributed by atoms with van der Waals surface area (Å²) in [6.45, 7) is 5.24. The van der Waals surface area contributed by atoms with Gasteiger partial charge >= 0.3 is 0 Å². The maximum absolute atomic E-state index is 5.26. The van der Waals surface area contributed by atoms with Crippen molar-refractivity contribution in [2.75, 3.05) is 39.6 Å². The van der Waals surface area contributed by atoms with E-state index in [1.807, 2.05) is 7.05 Å². The van der Waals surface area contributed by atoms with Crippen molar-refractivity contribution in [1.29, 1.82) is 0 Å². The van der Waals surface area contributed by atoms with Crippen LogP contribution < -0.4 is 10.6 Å². The topological polar surface area (TPSA) is 45.7 Å². The molecule has 1 aliphatic carbocycles. The van der Waals surface area contributed by atoms with Crippen molar-refractivity contribution in [1.82, 2.24) is 10.6 Å². The number of hydrogen-bond donors (Lipinski definition) is 2. The number of rotatable bonds is 7. The fourth-order valence-corrected chi connectivity index (χ4v) is 4.49. The number of ether oxygens (including phenoxy) is 1. The van der Waals surface area contributed by atoms with Crippen molar-refractivity contribution < 1.29 is 4.74 Å². The summed E-state index contributed by atoms with van der Waals surface area (Å²) in [5.74, 6) is 2.25. The van der Waals surface area contributed by atoms with Gasteiger partial charge in [0.15, 0.2) is 5.96 Å². The molecule has 2 N–H and O–H groups in total. The number of guanidine groups is 1. The molecule has 130 valence electrons. The quantitative estimate of drug-likeness (QED) is 0.362. The third kappa shape index (κ3) is 5.74. The van der Waals surface area contributed by atoms with Crippen LogP contribution in [-0.4, -0.2) is 50.3 Å². The van der Waals surface area contributed by atoms with Gasteiger partial charge in [0.2, 0.25) is 0 Å². The molecule has 1 aliphatic heterocycles. The lowest BCUT2D eigenvalue weighted by Gasteiger charge is -2.42. The molecule has 2 aliphatic rings. The Kier molecular flexibility index (Phi) is 8.85. The molecule has 0 radical (unpaired) electrons. The van der Waals surface area contributed by atoms with E-state index in [2.05, 4.69) is 34.3 Å². The highest BCUT2D eigenvalue weighted by molar-refractivity contribution is 14.0. The molecule has 1 saturated carbocycles. The van der Waals surface area contributed by atoms with Crippen LogP contribution in [0.5, 0.6) is 0 Å². The lowest BCUT2D eigenvalue weighted by atomic mass is 9.67. The summed E-state index contributed by atoms with van der Waals surface area (Å²) in [4.78, 5) is 4.38. The molecular weight excluding hydrogens is 409 g/mol. The van der Waals surface area contributed by atoms with E-state index in [4.69, 9.17) is 4.74 Å². The van der Waals surface area contributed by atoms with Gasteiger partial charge in [-0.3, -0.25) is 4.99 Å². The summed E-state index contributed by atoms with van der Waals surface area (Å²) >= 11 is 2.09. The van der Waals surface area contributed by atoms with Gasteiger partial charge in [0.25, 0.3) is 0 Å². The third-order valence-corrected chi connectivity index (χ3v) is 6.57. The monoisotopic (exact) mass is 441 g/mol. The highest BCUT2D eigenvalue weighted by atomic mass is 127. The van der Waals surface area contributed by atoms with Crippen LogP contribution in [0, 0.1) is 5.41 Å². The maximum Gasteiger partial charge on any atom is 0.191 e. The molecule has 2 rings (SSSR count). The molecule has 0 aromatic carbocycles. The van der Waals surface area contributed by atoms with Crippen LogP contribution in [0.2, 0.25) is 0 Å². The van der Waals surface area contributed by atoms with Crippen LogP contribution in [0.25, 0.3) is 0 Å². The zero-order chi connectivity index (χ0) is 15.2. The molecule has 1 heterocycles. The van der Waals surface area contributed by atoms with E-state index in [1.165, 1.54) is 37.9 Å². The fraction of sp³-hybridized carbons (Fsp3) is 0.938. The molecule has 0 amide bonds. The molecule has 4 nitrogen and oxygen atoms in total. The van der Waals surface area contributed by atoms with Gasteiger partial charge in [0.1, 0.15) is 0 Å². The van der Waals surface area contributed by atoms with E-state index in [-0.39, 0.29) is 24.0 Å². The standard InChI is InChI=1S/C16H31N3OS.HI/c1-15(6-5-11-21-15)12-18-14(17-2)19-13-16(7-4-8-16)9-10-20-3;/h4-13H2,1-3H3,(H2,17,18,19);1H. The van der Waals surface area contributed by atoms with Gasteiger partial charge in [-0.15, -0.1) is 24.0 Å². The molecule has 0 spiro atoms. The Morgan fingerprint density at radius 1 is 1.18 bits per heavy atom. The van der Waals surface area contributed by atoms with Crippen molar-refractivity contribution in [2.45, 2.75) is 50.2 Å². The Morgan fingerprint density at radius 3 is 2.41 bits per heavy atom. The van der Waals surface area contributed by atoms with E-state index in [0.29, 0.717) is 10.2 Å². The second kappa shape index (κ2) is 9.57. The zero-order valence-corrected chi connectivity index (χ0v) is 17.4. The predicted molar refractivity (Wildman–Crippen MR) is 108 cm³/mol. The van der Waals surface area contributed by atoms with Crippen LogP contribution in [0.1, 0.15) is 45.4 Å². The van der Waals surface area contributed by atoms with Gasteiger partial charge in [-0.25, -0.2) is 0 Å². The molecule has 1 atom stereocenters. The van der Waals surface area contributed by atoms with Crippen LogP contribution in [0.15, 0.2) is 4.99 Å². The van der Waals surface area contributed by atoms with Crippen molar-refractivity contribution in [3.63, 3.8) is 0 Å². The van der Waals surface area contributed by atoms with Gasteiger partial charge in [-0.2, -0.15) is 11.8 Å². The highest BCUT2D eigenvalue weighted by Gasteiger charge is 2.36. The van der Waals surface area contributed by atoms with Gasteiger partial charge < -0.3 is 15.4 Å². The molecule has 0 aromatic rings. The first-order chi connectivity index (χ1) is 10.1. The number of aliphatic imine (C=N–C) groups is 1. The largest absolute Gasteiger partial charge is 0.385 e. The Balaban J connectivity index is 0.00000242. The summed E-state index contributed by atoms with van der Waals surface area (Å²) in [7, 11) is 3.66. The second-order valence-electron chi connectivity index (χ2n) is 6.78. The Bertz CT molecular complexity index is 355. The number of methoxy groups -OCH3 is 1. The van der Waals surface area contributed by atoms with Crippen LogP contribution in [-0.2, 0) is 4.74 Å². The summed E-state index contributed by atoms with van der Waals surface area (Å²) in [5.41, 5.74) is 0.430. The van der Waals surface area contributed by atoms with Gasteiger partial charge in [-0.1, -0.05) is 6.42 Å². The second-order valence-corrected chi connectivity index (χ2v) is 8.46. The first-order valence-corrected chi connectivity index (χ1v) is 9.17. The Labute approximate surface area is 157 Å². The molecule has 0 aromatic heterocycles. The summed E-state index contributed by atoms with van der Waals surface area (Å²) in [6, 6.07) is 0. The predicted octanol–water partition coefficient (Wildman–Crippen LogP) is 3.26. The van der Waals surface area contributed by atoms with E-state index >= 15 is 0 Å². The van der Waals surface area contributed by atoms with E-state index in [1.54, 1.807) is 7.11 Å². The number of hydrogen-bond acceptors (Lipinski definition) is 3. The maximum atomic E-state index is 5.26. The molecule has 1 unspecified atom stereocenters. The molecular formula is C16H32IN3OS. The van der Waals surface area contributed by atoms with Crippen molar-refractivity contribution in [2.24, 2.45) is 10.4 Å². The normalized spacial score (nSPS) is 27.0. The van der Waals surface area contributed by atoms with Gasteiger partial charge in [0.05, 0.1) is 0 Å². The number of nitrogens with one attached hydrogen (secondary N) is 2. The van der Waals surface area contributed by atoms with Gasteiger partial charge in [-0.05, 0) is 50.2 Å². The lowest BCUT2D eigenvalue weighted by Crippen LogP contribution is -2.49. The number of halogens is 1. The third-order valence-electron chi connectivity index (χ3n) is 5.04. The van der Waals surface area contributed by atoms with Crippen molar-refractivity contribution in [3.8, 4) is 0 Å². The Hall–Kier alpha value is 0.310. The molecule has 0 bridgehead atoms. The molecule has 2 fully saturated rings. The molecule has 6 heteroatoms. The van der Waals surface area contributed by atoms with Crippen LogP contribution >= 0.6 is 35.7 Å². The zero-order valence-electron chi connectivity index (χ0n) is 14.2. The van der Waals surface area contributed by atoms with E-state index in [9.17, 15) is 0 Å². The van der Waals surface area contributed by atoms with Gasteiger partial charge in [0, 0.05) is 38.6 Å². The average Bonchev–Trinajstić information content (AvgIpc) is 2.87. The van der Waals surface area contributed by atoms with Crippen molar-refractivity contribution in [3.05, 3.63) is 0 Å². The minimum Gasteiger partial charge on any atom is -0.385 e. The summed E-state index contributed by atoms with van der Waals surface area (Å²) in [6.07, 6.45) is 7.78. The Morgan fingerprint density at radius 2 is 1.91 bits per heavy atom. The number of thioether (sulfide) groups is 1. The van der Waals surface area contributed by atoms with Crippen molar-refractivity contribution >= 4 is 41.7 Å². The summed E-state index contributed by atoms with van der Waals surface area (Å²) in [5, 5.41) is 7.05. The van der Waals surface area contributed by atoms with E-state index in [0.717, 1.165) is 32.1 Å². The highest BCUT2D eigenvalue weighted by Crippen LogP contribution is 2.43. The van der Waals surface area contributed by atoms with E-state index < -0.39 is 0 Å². The van der Waals surface area contributed by atoms with Crippen LogP contribution in [0.3, 0.4) is 0 Å². The fourth-order valence-electron chi connectivity index (χ4n) is 3.25. The van der Waals surface area contributed by atoms with Crippen LogP contribution in [0.4, 0.5) is 0 Å². The molecule has 22 heavy (non-hydrogen) atoms. The molecule has 1 saturated heterocycles. The first kappa shape index (κ1) is 20.4.